The van der Waals surface area contributed by atoms with Crippen LogP contribution in [0.2, 0.25) is 0 Å². The highest BCUT2D eigenvalue weighted by Gasteiger charge is 2.16. The van der Waals surface area contributed by atoms with Gasteiger partial charge in [0.1, 0.15) is 11.6 Å². The molecule has 1 N–H and O–H groups in total. The Balaban J connectivity index is 1.61. The minimum absolute atomic E-state index is 0.00209. The zero-order chi connectivity index (χ0) is 20.1. The molecule has 2 aromatic carbocycles. The summed E-state index contributed by atoms with van der Waals surface area (Å²) in [6.45, 7) is 0. The average molecular weight is 405 g/mol. The van der Waals surface area contributed by atoms with Crippen molar-refractivity contribution in [2.45, 2.75) is 5.22 Å². The Kier molecular flexibility index (Phi) is 5.99. The predicted octanol–water partition coefficient (Wildman–Crippen LogP) is 3.53. The van der Waals surface area contributed by atoms with E-state index in [2.05, 4.69) is 20.3 Å². The van der Waals surface area contributed by atoms with E-state index < -0.39 is 23.5 Å². The third kappa shape index (κ3) is 4.52. The summed E-state index contributed by atoms with van der Waals surface area (Å²) < 4.78 is 37.2. The molecule has 0 radical (unpaired) electrons. The van der Waals surface area contributed by atoms with Crippen molar-refractivity contribution in [3.8, 4) is 11.5 Å². The van der Waals surface area contributed by atoms with Gasteiger partial charge in [-0.25, -0.2) is 13.6 Å². The van der Waals surface area contributed by atoms with Crippen LogP contribution in [0, 0.1) is 11.6 Å². The lowest BCUT2D eigenvalue weighted by molar-refractivity contribution is -0.113. The minimum atomic E-state index is -0.852. The van der Waals surface area contributed by atoms with Crippen LogP contribution in [-0.4, -0.2) is 34.9 Å². The van der Waals surface area contributed by atoms with E-state index in [9.17, 15) is 18.4 Å². The highest BCUT2D eigenvalue weighted by Crippen LogP contribution is 2.25. The second-order valence-corrected chi connectivity index (χ2v) is 6.30. The van der Waals surface area contributed by atoms with Gasteiger partial charge < -0.3 is 14.5 Å². The number of rotatable bonds is 6. The van der Waals surface area contributed by atoms with Crippen LogP contribution in [0.1, 0.15) is 10.4 Å². The Morgan fingerprint density at radius 2 is 1.93 bits per heavy atom. The van der Waals surface area contributed by atoms with Crippen molar-refractivity contribution in [1.82, 2.24) is 10.2 Å². The molecule has 0 aliphatic carbocycles. The summed E-state index contributed by atoms with van der Waals surface area (Å²) >= 11 is 0.947. The molecule has 0 fully saturated rings. The number of benzene rings is 2. The van der Waals surface area contributed by atoms with Crippen molar-refractivity contribution in [2.75, 3.05) is 18.2 Å². The second kappa shape index (κ2) is 8.61. The molecule has 0 bridgehead atoms. The van der Waals surface area contributed by atoms with E-state index in [1.165, 1.54) is 30.3 Å². The van der Waals surface area contributed by atoms with E-state index in [1.54, 1.807) is 6.07 Å². The topological polar surface area (TPSA) is 94.3 Å². The Bertz CT molecular complexity index is 1030. The van der Waals surface area contributed by atoms with Gasteiger partial charge in [0.05, 0.1) is 24.0 Å². The van der Waals surface area contributed by atoms with Crippen LogP contribution in [-0.2, 0) is 9.53 Å². The van der Waals surface area contributed by atoms with Gasteiger partial charge in [-0.15, -0.1) is 10.2 Å². The number of halogens is 2. The number of carbonyl (C=O) groups excluding carboxylic acids is 2. The fraction of sp³-hybridized carbons (Fsp3) is 0.111. The summed E-state index contributed by atoms with van der Waals surface area (Å²) in [5, 5.41) is 10.1. The molecule has 0 atom stereocenters. The first-order valence-electron chi connectivity index (χ1n) is 7.87. The lowest BCUT2D eigenvalue weighted by Gasteiger charge is -2.07. The number of methoxy groups -OCH3 is 1. The first kappa shape index (κ1) is 19.5. The third-order valence-corrected chi connectivity index (χ3v) is 4.31. The SMILES string of the molecule is COC(=O)c1cc(NC(=O)CSc2nnc(-c3ccccc3F)o2)ccc1F. The molecule has 10 heteroatoms. The van der Waals surface area contributed by atoms with Gasteiger partial charge in [0, 0.05) is 5.69 Å². The first-order valence-corrected chi connectivity index (χ1v) is 8.85. The van der Waals surface area contributed by atoms with Crippen molar-refractivity contribution in [3.05, 3.63) is 59.7 Å². The summed E-state index contributed by atoms with van der Waals surface area (Å²) in [5.74, 6) is -2.65. The van der Waals surface area contributed by atoms with Crippen LogP contribution in [0.5, 0.6) is 0 Å². The maximum Gasteiger partial charge on any atom is 0.340 e. The molecule has 0 aliphatic rings. The molecule has 0 spiro atoms. The number of nitrogens with one attached hydrogen (secondary N) is 1. The summed E-state index contributed by atoms with van der Waals surface area (Å²) in [5.41, 5.74) is 0.0947. The fourth-order valence-corrected chi connectivity index (χ4v) is 2.77. The van der Waals surface area contributed by atoms with Crippen LogP contribution >= 0.6 is 11.8 Å². The van der Waals surface area contributed by atoms with Gasteiger partial charge in [-0.3, -0.25) is 4.79 Å². The van der Waals surface area contributed by atoms with Crippen LogP contribution < -0.4 is 5.32 Å². The Morgan fingerprint density at radius 3 is 2.68 bits per heavy atom. The maximum absolute atomic E-state index is 13.7. The third-order valence-electron chi connectivity index (χ3n) is 3.49. The number of hydrogen-bond acceptors (Lipinski definition) is 7. The number of anilines is 1. The molecule has 0 unspecified atom stereocenters. The highest BCUT2D eigenvalue weighted by atomic mass is 32.2. The van der Waals surface area contributed by atoms with E-state index in [4.69, 9.17) is 4.42 Å². The first-order chi connectivity index (χ1) is 13.5. The monoisotopic (exact) mass is 405 g/mol. The molecule has 144 valence electrons. The molecule has 3 rings (SSSR count). The van der Waals surface area contributed by atoms with Gasteiger partial charge >= 0.3 is 5.97 Å². The molecule has 7 nitrogen and oxygen atoms in total. The fourth-order valence-electron chi connectivity index (χ4n) is 2.21. The summed E-state index contributed by atoms with van der Waals surface area (Å²) in [4.78, 5) is 23.6. The van der Waals surface area contributed by atoms with Gasteiger partial charge in [0.25, 0.3) is 11.1 Å². The molecule has 1 heterocycles. The Hall–Kier alpha value is -3.27. The molecular weight excluding hydrogens is 392 g/mol. The number of thioether (sulfide) groups is 1. The van der Waals surface area contributed by atoms with Gasteiger partial charge in [-0.05, 0) is 30.3 Å². The standard InChI is InChI=1S/C18H13F2N3O4S/c1-26-17(25)12-8-10(6-7-14(12)20)21-15(24)9-28-18-23-22-16(27-18)11-4-2-3-5-13(11)19/h2-8H,9H2,1H3,(H,21,24). The predicted molar refractivity (Wildman–Crippen MR) is 96.8 cm³/mol. The van der Waals surface area contributed by atoms with Crippen molar-refractivity contribution >= 4 is 29.3 Å². The van der Waals surface area contributed by atoms with Gasteiger partial charge in [-0.1, -0.05) is 23.9 Å². The molecule has 0 saturated carbocycles. The molecule has 3 aromatic rings. The minimum Gasteiger partial charge on any atom is -0.465 e. The van der Waals surface area contributed by atoms with Crippen molar-refractivity contribution in [1.29, 1.82) is 0 Å². The molecule has 0 aliphatic heterocycles. The summed E-state index contributed by atoms with van der Waals surface area (Å²) in [6, 6.07) is 9.47. The molecule has 1 aromatic heterocycles. The smallest absolute Gasteiger partial charge is 0.340 e. The lowest BCUT2D eigenvalue weighted by Crippen LogP contribution is -2.15. The van der Waals surface area contributed by atoms with E-state index in [0.29, 0.717) is 0 Å². The van der Waals surface area contributed by atoms with Crippen molar-refractivity contribution in [2.24, 2.45) is 0 Å². The summed E-state index contributed by atoms with van der Waals surface area (Å²) in [6.07, 6.45) is 0. The van der Waals surface area contributed by atoms with Gasteiger partial charge in [0.2, 0.25) is 5.91 Å². The van der Waals surface area contributed by atoms with Crippen LogP contribution in [0.4, 0.5) is 14.5 Å². The number of aromatic nitrogens is 2. The normalized spacial score (nSPS) is 10.5. The highest BCUT2D eigenvalue weighted by molar-refractivity contribution is 7.99. The average Bonchev–Trinajstić information content (AvgIpc) is 3.16. The number of carbonyl (C=O) groups is 2. The zero-order valence-corrected chi connectivity index (χ0v) is 15.3. The molecule has 28 heavy (non-hydrogen) atoms. The van der Waals surface area contributed by atoms with E-state index in [-0.39, 0.29) is 33.7 Å². The van der Waals surface area contributed by atoms with Crippen molar-refractivity contribution < 1.29 is 27.5 Å². The Morgan fingerprint density at radius 1 is 1.14 bits per heavy atom. The Labute approximate surface area is 162 Å². The molecule has 1 amide bonds. The second-order valence-electron chi connectivity index (χ2n) is 5.38. The van der Waals surface area contributed by atoms with Gasteiger partial charge in [-0.2, -0.15) is 0 Å². The zero-order valence-electron chi connectivity index (χ0n) is 14.4. The van der Waals surface area contributed by atoms with E-state index in [1.807, 2.05) is 0 Å². The summed E-state index contributed by atoms with van der Waals surface area (Å²) in [7, 11) is 1.13. The number of hydrogen-bond donors (Lipinski definition) is 1. The van der Waals surface area contributed by atoms with E-state index in [0.717, 1.165) is 24.9 Å². The quantitative estimate of drug-likeness (QED) is 0.495. The number of amides is 1. The molecule has 0 saturated heterocycles. The van der Waals surface area contributed by atoms with Crippen LogP contribution in [0.3, 0.4) is 0 Å². The lowest BCUT2D eigenvalue weighted by atomic mass is 10.2. The van der Waals surface area contributed by atoms with Crippen LogP contribution in [0.15, 0.2) is 52.1 Å². The number of ether oxygens (including phenoxy) is 1. The maximum atomic E-state index is 13.7. The van der Waals surface area contributed by atoms with E-state index >= 15 is 0 Å². The van der Waals surface area contributed by atoms with Crippen molar-refractivity contribution in [3.63, 3.8) is 0 Å². The molecular formula is C18H13F2N3O4S. The van der Waals surface area contributed by atoms with Crippen LogP contribution in [0.25, 0.3) is 11.5 Å². The largest absolute Gasteiger partial charge is 0.465 e. The number of esters is 1. The number of nitrogens with zero attached hydrogens (tertiary/aromatic N) is 2. The van der Waals surface area contributed by atoms with Gasteiger partial charge in [0.15, 0.2) is 0 Å².